The molecule has 0 radical (unpaired) electrons. The van der Waals surface area contributed by atoms with Crippen molar-refractivity contribution in [3.8, 4) is 56.4 Å². The average molecular weight is 664 g/mol. The van der Waals surface area contributed by atoms with Crippen molar-refractivity contribution in [2.75, 3.05) is 0 Å². The molecule has 0 saturated carbocycles. The zero-order valence-electron chi connectivity index (χ0n) is 27.6. The lowest BCUT2D eigenvalue weighted by Gasteiger charge is -2.10. The van der Waals surface area contributed by atoms with Gasteiger partial charge in [0.15, 0.2) is 17.5 Å². The first-order valence-corrected chi connectivity index (χ1v) is 17.4. The summed E-state index contributed by atoms with van der Waals surface area (Å²) in [7, 11) is 0. The Labute approximate surface area is 296 Å². The zero-order chi connectivity index (χ0) is 33.9. The lowest BCUT2D eigenvalue weighted by Crippen LogP contribution is -2.00. The molecule has 1 aliphatic carbocycles. The fourth-order valence-electron chi connectivity index (χ4n) is 8.24. The van der Waals surface area contributed by atoms with Gasteiger partial charge in [0.05, 0.1) is 0 Å². The molecular formula is C47H25N3O2. The Morgan fingerprint density at radius 3 is 1.79 bits per heavy atom. The summed E-state index contributed by atoms with van der Waals surface area (Å²) in [6.45, 7) is 0. The molecule has 0 aliphatic heterocycles. The quantitative estimate of drug-likeness (QED) is 0.188. The maximum absolute atomic E-state index is 6.61. The molecule has 11 aromatic rings. The van der Waals surface area contributed by atoms with E-state index in [1.54, 1.807) is 0 Å². The van der Waals surface area contributed by atoms with Crippen molar-refractivity contribution in [2.45, 2.75) is 0 Å². The van der Waals surface area contributed by atoms with Crippen molar-refractivity contribution in [3.63, 3.8) is 0 Å². The molecule has 1 aliphatic rings. The number of nitrogens with zero attached hydrogens (tertiary/aromatic N) is 3. The van der Waals surface area contributed by atoms with E-state index in [0.29, 0.717) is 17.5 Å². The molecule has 0 amide bonds. The largest absolute Gasteiger partial charge is 0.456 e. The van der Waals surface area contributed by atoms with Crippen molar-refractivity contribution in [1.82, 2.24) is 15.0 Å². The number of fused-ring (bicyclic) bond motifs is 10. The molecule has 0 atom stereocenters. The van der Waals surface area contributed by atoms with Crippen LogP contribution in [0.4, 0.5) is 0 Å². The molecule has 12 rings (SSSR count). The van der Waals surface area contributed by atoms with Crippen LogP contribution in [0.5, 0.6) is 0 Å². The molecule has 8 aromatic carbocycles. The molecule has 0 N–H and O–H groups in total. The lowest BCUT2D eigenvalue weighted by atomic mass is 9.99. The Kier molecular flexibility index (Phi) is 5.44. The van der Waals surface area contributed by atoms with E-state index in [1.165, 1.54) is 33.0 Å². The first kappa shape index (κ1) is 27.7. The Balaban J connectivity index is 1.11. The minimum atomic E-state index is 0.587. The number of hydrogen-bond acceptors (Lipinski definition) is 5. The Morgan fingerprint density at radius 2 is 0.923 bits per heavy atom. The summed E-state index contributed by atoms with van der Waals surface area (Å²) in [5.74, 6) is 1.79. The molecule has 0 saturated heterocycles. The smallest absolute Gasteiger partial charge is 0.164 e. The molecular weight excluding hydrogens is 639 g/mol. The summed E-state index contributed by atoms with van der Waals surface area (Å²) >= 11 is 0. The summed E-state index contributed by atoms with van der Waals surface area (Å²) < 4.78 is 12.8. The zero-order valence-corrected chi connectivity index (χ0v) is 27.6. The fraction of sp³-hybridized carbons (Fsp3) is 0. The lowest BCUT2D eigenvalue weighted by molar-refractivity contribution is 0.668. The maximum atomic E-state index is 6.61. The minimum absolute atomic E-state index is 0.587. The van der Waals surface area contributed by atoms with Gasteiger partial charge in [-0.1, -0.05) is 103 Å². The predicted molar refractivity (Wildman–Crippen MR) is 210 cm³/mol. The number of benzene rings is 8. The summed E-state index contributed by atoms with van der Waals surface area (Å²) in [6, 6.07) is 52.7. The van der Waals surface area contributed by atoms with E-state index >= 15 is 0 Å². The number of aromatic nitrogens is 3. The number of rotatable bonds is 3. The van der Waals surface area contributed by atoms with Crippen LogP contribution in [0, 0.1) is 0 Å². The van der Waals surface area contributed by atoms with Gasteiger partial charge >= 0.3 is 0 Å². The van der Waals surface area contributed by atoms with Crippen LogP contribution in [0.2, 0.25) is 0 Å². The average Bonchev–Trinajstić information content (AvgIpc) is 3.86. The van der Waals surface area contributed by atoms with Crippen molar-refractivity contribution in [1.29, 1.82) is 0 Å². The van der Waals surface area contributed by atoms with E-state index in [9.17, 15) is 0 Å². The highest BCUT2D eigenvalue weighted by molar-refractivity contribution is 6.20. The summed E-state index contributed by atoms with van der Waals surface area (Å²) in [5, 5.41) is 8.94. The molecule has 0 fully saturated rings. The molecule has 5 nitrogen and oxygen atoms in total. The van der Waals surface area contributed by atoms with E-state index in [4.69, 9.17) is 23.8 Å². The molecule has 5 heteroatoms. The van der Waals surface area contributed by atoms with Gasteiger partial charge in [-0.25, -0.2) is 15.0 Å². The van der Waals surface area contributed by atoms with Crippen LogP contribution in [0.25, 0.3) is 122 Å². The molecule has 240 valence electrons. The maximum Gasteiger partial charge on any atom is 0.164 e. The van der Waals surface area contributed by atoms with Gasteiger partial charge in [0.2, 0.25) is 0 Å². The van der Waals surface area contributed by atoms with Crippen LogP contribution in [0.3, 0.4) is 0 Å². The SMILES string of the molecule is c1ccc2cc(-c3nc(-c4ccc5oc6ccccc6c5c4)nc(-c4cccc5oc6cc7c(cc6c45)-c4cccc5cccc-7c45)n3)ccc2c1. The van der Waals surface area contributed by atoms with E-state index in [-0.39, 0.29) is 0 Å². The van der Waals surface area contributed by atoms with Crippen LogP contribution in [0.1, 0.15) is 0 Å². The van der Waals surface area contributed by atoms with Gasteiger partial charge in [-0.05, 0) is 92.3 Å². The van der Waals surface area contributed by atoms with E-state index < -0.39 is 0 Å². The second-order valence-electron chi connectivity index (χ2n) is 13.6. The standard InChI is InChI=1S/C47H25N3O2/c1-2-9-28-22-29(19-18-26(28)8-1)45-48-46(30-20-21-40-37(23-30)31-12-3-4-16-39(31)51-40)50-47(49-45)34-15-7-17-41-44(34)38-24-35-32-13-5-10-27-11-6-14-33(43(27)32)36(35)25-42(38)52-41/h1-25H. The van der Waals surface area contributed by atoms with Gasteiger partial charge in [0.1, 0.15) is 22.3 Å². The first-order valence-electron chi connectivity index (χ1n) is 17.4. The highest BCUT2D eigenvalue weighted by Crippen LogP contribution is 2.50. The van der Waals surface area contributed by atoms with Crippen LogP contribution in [0.15, 0.2) is 160 Å². The molecule has 0 bridgehead atoms. The number of furan rings is 2. The molecule has 0 spiro atoms. The highest BCUT2D eigenvalue weighted by atomic mass is 16.3. The third-order valence-corrected chi connectivity index (χ3v) is 10.6. The van der Waals surface area contributed by atoms with Crippen molar-refractivity contribution >= 4 is 65.4 Å². The summed E-state index contributed by atoms with van der Waals surface area (Å²) in [5.41, 5.74) is 10.9. The topological polar surface area (TPSA) is 65.0 Å². The molecule has 3 heterocycles. The third kappa shape index (κ3) is 3.90. The third-order valence-electron chi connectivity index (χ3n) is 10.6. The Bertz CT molecular complexity index is 3310. The Hall–Kier alpha value is -7.11. The van der Waals surface area contributed by atoms with Crippen molar-refractivity contribution in [2.24, 2.45) is 0 Å². The van der Waals surface area contributed by atoms with Gasteiger partial charge in [0.25, 0.3) is 0 Å². The monoisotopic (exact) mass is 663 g/mol. The highest BCUT2D eigenvalue weighted by Gasteiger charge is 2.25. The normalized spacial score (nSPS) is 12.2. The van der Waals surface area contributed by atoms with E-state index in [1.807, 2.05) is 42.5 Å². The van der Waals surface area contributed by atoms with Gasteiger partial charge in [-0.3, -0.25) is 0 Å². The molecule has 52 heavy (non-hydrogen) atoms. The van der Waals surface area contributed by atoms with Crippen molar-refractivity contribution < 1.29 is 8.83 Å². The number of para-hydroxylation sites is 1. The van der Waals surface area contributed by atoms with Crippen LogP contribution in [-0.2, 0) is 0 Å². The number of hydrogen-bond donors (Lipinski definition) is 0. The summed E-state index contributed by atoms with van der Waals surface area (Å²) in [4.78, 5) is 15.5. The molecule has 0 unspecified atom stereocenters. The van der Waals surface area contributed by atoms with Gasteiger partial charge in [0, 0.05) is 38.2 Å². The first-order chi connectivity index (χ1) is 25.7. The van der Waals surface area contributed by atoms with Crippen molar-refractivity contribution in [3.05, 3.63) is 152 Å². The fourth-order valence-corrected chi connectivity index (χ4v) is 8.24. The Morgan fingerprint density at radius 1 is 0.308 bits per heavy atom. The molecule has 3 aromatic heterocycles. The van der Waals surface area contributed by atoms with Gasteiger partial charge < -0.3 is 8.83 Å². The van der Waals surface area contributed by atoms with E-state index in [2.05, 4.69) is 109 Å². The second-order valence-corrected chi connectivity index (χ2v) is 13.6. The van der Waals surface area contributed by atoms with Gasteiger partial charge in [-0.2, -0.15) is 0 Å². The predicted octanol–water partition coefficient (Wildman–Crippen LogP) is 12.6. The van der Waals surface area contributed by atoms with Gasteiger partial charge in [-0.15, -0.1) is 0 Å². The summed E-state index contributed by atoms with van der Waals surface area (Å²) in [6.07, 6.45) is 0. The van der Waals surface area contributed by atoms with Crippen LogP contribution in [-0.4, -0.2) is 15.0 Å². The second kappa shape index (κ2) is 10.2. The van der Waals surface area contributed by atoms with E-state index in [0.717, 1.165) is 71.3 Å². The minimum Gasteiger partial charge on any atom is -0.456 e. The van der Waals surface area contributed by atoms with Crippen LogP contribution >= 0.6 is 0 Å². The van der Waals surface area contributed by atoms with Crippen LogP contribution < -0.4 is 0 Å².